The second kappa shape index (κ2) is 4.56. The first kappa shape index (κ1) is 9.66. The third kappa shape index (κ3) is 2.25. The number of hydrogen-bond acceptors (Lipinski definition) is 6. The van der Waals surface area contributed by atoms with Gasteiger partial charge in [0, 0.05) is 5.38 Å². The molecule has 0 atom stereocenters. The number of ether oxygens (including phenoxy) is 1. The summed E-state index contributed by atoms with van der Waals surface area (Å²) in [4.78, 5) is 14.9. The molecule has 5 nitrogen and oxygen atoms in total. The highest BCUT2D eigenvalue weighted by atomic mass is 32.1. The van der Waals surface area contributed by atoms with Gasteiger partial charge >= 0.3 is 5.97 Å². The van der Waals surface area contributed by atoms with E-state index in [1.807, 2.05) is 0 Å². The van der Waals surface area contributed by atoms with Crippen LogP contribution >= 0.6 is 11.3 Å². The lowest BCUT2D eigenvalue weighted by molar-refractivity contribution is -0.135. The van der Waals surface area contributed by atoms with E-state index >= 15 is 0 Å². The maximum Gasteiger partial charge on any atom is 0.362 e. The van der Waals surface area contributed by atoms with E-state index in [1.54, 1.807) is 17.8 Å². The summed E-state index contributed by atoms with van der Waals surface area (Å²) in [6, 6.07) is 0. The molecule has 1 heterocycles. The molecule has 1 N–H and O–H groups in total. The highest BCUT2D eigenvalue weighted by Gasteiger charge is 2.17. The second-order valence-electron chi connectivity index (χ2n) is 2.04. The molecule has 0 aliphatic rings. The molecule has 13 heavy (non-hydrogen) atoms. The standard InChI is InChI=1S/C7H8N2O3S/c1-2-12-7(10)6(9-11)5-3-13-4-8-5/h3-4,11H,2H2,1H3. The summed E-state index contributed by atoms with van der Waals surface area (Å²) in [5.74, 6) is -0.670. The van der Waals surface area contributed by atoms with E-state index in [0.717, 1.165) is 0 Å². The predicted octanol–water partition coefficient (Wildman–Crippen LogP) is 0.885. The number of oxime groups is 1. The average molecular weight is 200 g/mol. The van der Waals surface area contributed by atoms with Gasteiger partial charge in [-0.15, -0.1) is 11.3 Å². The van der Waals surface area contributed by atoms with Crippen molar-refractivity contribution in [3.05, 3.63) is 16.6 Å². The molecule has 1 aromatic rings. The molecule has 0 aliphatic carbocycles. The highest BCUT2D eigenvalue weighted by Crippen LogP contribution is 2.04. The molecular weight excluding hydrogens is 192 g/mol. The molecule has 0 unspecified atom stereocenters. The zero-order valence-corrected chi connectivity index (χ0v) is 7.74. The number of nitrogens with zero attached hydrogens (tertiary/aromatic N) is 2. The Morgan fingerprint density at radius 2 is 2.62 bits per heavy atom. The van der Waals surface area contributed by atoms with Crippen molar-refractivity contribution >= 4 is 23.0 Å². The quantitative estimate of drug-likeness (QED) is 0.340. The van der Waals surface area contributed by atoms with Crippen molar-refractivity contribution in [3.8, 4) is 0 Å². The summed E-state index contributed by atoms with van der Waals surface area (Å²) in [5, 5.41) is 13.0. The van der Waals surface area contributed by atoms with Crippen LogP contribution in [-0.2, 0) is 9.53 Å². The first-order chi connectivity index (χ1) is 6.29. The minimum atomic E-state index is -0.670. The molecule has 70 valence electrons. The molecule has 0 bridgehead atoms. The molecule has 6 heteroatoms. The van der Waals surface area contributed by atoms with Crippen LogP contribution in [0.25, 0.3) is 0 Å². The molecule has 0 aromatic carbocycles. The number of thiazole rings is 1. The van der Waals surface area contributed by atoms with Crippen LogP contribution in [0.3, 0.4) is 0 Å². The van der Waals surface area contributed by atoms with Gasteiger partial charge in [0.2, 0.25) is 5.71 Å². The fourth-order valence-corrected chi connectivity index (χ4v) is 1.26. The molecule has 0 aliphatic heterocycles. The van der Waals surface area contributed by atoms with Gasteiger partial charge in [-0.05, 0) is 6.92 Å². The Hall–Kier alpha value is -1.43. The molecule has 0 saturated heterocycles. The van der Waals surface area contributed by atoms with Crippen molar-refractivity contribution in [1.82, 2.24) is 4.98 Å². The van der Waals surface area contributed by atoms with E-state index < -0.39 is 5.97 Å². The van der Waals surface area contributed by atoms with E-state index in [4.69, 9.17) is 5.21 Å². The molecule has 1 aromatic heterocycles. The van der Waals surface area contributed by atoms with Crippen molar-refractivity contribution in [3.63, 3.8) is 0 Å². The zero-order valence-electron chi connectivity index (χ0n) is 6.93. The molecule has 1 rings (SSSR count). The number of esters is 1. The summed E-state index contributed by atoms with van der Waals surface area (Å²) in [6.07, 6.45) is 0. The van der Waals surface area contributed by atoms with Crippen LogP contribution in [0, 0.1) is 0 Å². The maximum atomic E-state index is 11.1. The summed E-state index contributed by atoms with van der Waals surface area (Å²) >= 11 is 1.31. The van der Waals surface area contributed by atoms with Crippen LogP contribution in [0.4, 0.5) is 0 Å². The van der Waals surface area contributed by atoms with Gasteiger partial charge in [-0.25, -0.2) is 9.78 Å². The lowest BCUT2D eigenvalue weighted by atomic mass is 10.3. The van der Waals surface area contributed by atoms with Gasteiger partial charge in [-0.2, -0.15) is 0 Å². The Labute approximate surface area is 78.7 Å². The summed E-state index contributed by atoms with van der Waals surface area (Å²) in [6.45, 7) is 1.91. The van der Waals surface area contributed by atoms with Crippen molar-refractivity contribution < 1.29 is 14.7 Å². The van der Waals surface area contributed by atoms with Crippen molar-refractivity contribution in [1.29, 1.82) is 0 Å². The summed E-state index contributed by atoms with van der Waals surface area (Å²) in [7, 11) is 0. The fraction of sp³-hybridized carbons (Fsp3) is 0.286. The predicted molar refractivity (Wildman–Crippen MR) is 47.1 cm³/mol. The molecule has 0 amide bonds. The number of rotatable bonds is 3. The Balaban J connectivity index is 2.82. The van der Waals surface area contributed by atoms with Crippen LogP contribution in [0.5, 0.6) is 0 Å². The summed E-state index contributed by atoms with van der Waals surface area (Å²) in [5.41, 5.74) is 1.70. The molecule has 0 saturated carbocycles. The maximum absolute atomic E-state index is 11.1. The average Bonchev–Trinajstić information content (AvgIpc) is 2.59. The number of hydrogen-bond donors (Lipinski definition) is 1. The van der Waals surface area contributed by atoms with Crippen molar-refractivity contribution in [2.75, 3.05) is 6.61 Å². The van der Waals surface area contributed by atoms with Crippen LogP contribution in [0.2, 0.25) is 0 Å². The van der Waals surface area contributed by atoms with Gasteiger partial charge in [0.05, 0.1) is 12.1 Å². The lowest BCUT2D eigenvalue weighted by Crippen LogP contribution is -2.19. The smallest absolute Gasteiger partial charge is 0.362 e. The SMILES string of the molecule is CCOC(=O)C(=NO)c1cscn1. The van der Waals surface area contributed by atoms with Crippen LogP contribution < -0.4 is 0 Å². The van der Waals surface area contributed by atoms with E-state index in [2.05, 4.69) is 14.9 Å². The van der Waals surface area contributed by atoms with Gasteiger partial charge in [-0.3, -0.25) is 0 Å². The number of carbonyl (C=O) groups is 1. The van der Waals surface area contributed by atoms with Gasteiger partial charge in [-0.1, -0.05) is 5.16 Å². The minimum Gasteiger partial charge on any atom is -0.461 e. The lowest BCUT2D eigenvalue weighted by Gasteiger charge is -1.99. The van der Waals surface area contributed by atoms with Crippen molar-refractivity contribution in [2.45, 2.75) is 6.92 Å². The molecule has 0 radical (unpaired) electrons. The van der Waals surface area contributed by atoms with Crippen LogP contribution in [0.1, 0.15) is 12.6 Å². The van der Waals surface area contributed by atoms with E-state index in [0.29, 0.717) is 5.69 Å². The Kier molecular flexibility index (Phi) is 3.39. The van der Waals surface area contributed by atoms with Crippen LogP contribution in [-0.4, -0.2) is 28.5 Å². The molecular formula is C7H8N2O3S. The van der Waals surface area contributed by atoms with E-state index in [9.17, 15) is 4.79 Å². The Morgan fingerprint density at radius 3 is 3.08 bits per heavy atom. The normalized spacial score (nSPS) is 11.3. The van der Waals surface area contributed by atoms with E-state index in [1.165, 1.54) is 11.3 Å². The van der Waals surface area contributed by atoms with Crippen molar-refractivity contribution in [2.24, 2.45) is 5.16 Å². The third-order valence-corrected chi connectivity index (χ3v) is 1.83. The largest absolute Gasteiger partial charge is 0.461 e. The van der Waals surface area contributed by atoms with E-state index in [-0.39, 0.29) is 12.3 Å². The third-order valence-electron chi connectivity index (χ3n) is 1.24. The van der Waals surface area contributed by atoms with Crippen LogP contribution in [0.15, 0.2) is 16.0 Å². The van der Waals surface area contributed by atoms with Gasteiger partial charge in [0.15, 0.2) is 0 Å². The monoisotopic (exact) mass is 200 g/mol. The topological polar surface area (TPSA) is 71.8 Å². The highest BCUT2D eigenvalue weighted by molar-refractivity contribution is 7.07. The first-order valence-electron chi connectivity index (χ1n) is 3.57. The first-order valence-corrected chi connectivity index (χ1v) is 4.51. The fourth-order valence-electron chi connectivity index (χ4n) is 0.726. The van der Waals surface area contributed by atoms with Gasteiger partial charge in [0.1, 0.15) is 5.69 Å². The number of aromatic nitrogens is 1. The molecule has 0 spiro atoms. The zero-order chi connectivity index (χ0) is 9.68. The Bertz CT molecular complexity index is 308. The Morgan fingerprint density at radius 1 is 1.85 bits per heavy atom. The molecule has 0 fully saturated rings. The minimum absolute atomic E-state index is 0.164. The number of carbonyl (C=O) groups excluding carboxylic acids is 1. The second-order valence-corrected chi connectivity index (χ2v) is 2.76. The van der Waals surface area contributed by atoms with Gasteiger partial charge < -0.3 is 9.94 Å². The summed E-state index contributed by atoms with van der Waals surface area (Å²) < 4.78 is 4.65. The van der Waals surface area contributed by atoms with Gasteiger partial charge in [0.25, 0.3) is 0 Å².